The van der Waals surface area contributed by atoms with Gasteiger partial charge in [-0.25, -0.2) is 4.39 Å². The van der Waals surface area contributed by atoms with Crippen LogP contribution in [0.4, 0.5) is 4.39 Å². The number of hydrogen-bond acceptors (Lipinski definition) is 2. The zero-order chi connectivity index (χ0) is 14.7. The Labute approximate surface area is 125 Å². The third-order valence-corrected chi connectivity index (χ3v) is 3.82. The van der Waals surface area contributed by atoms with E-state index in [0.29, 0.717) is 25.3 Å². The average Bonchev–Trinajstić information content (AvgIpc) is 2.95. The van der Waals surface area contributed by atoms with E-state index in [1.165, 1.54) is 11.1 Å². The highest BCUT2D eigenvalue weighted by atomic mass is 19.1. The number of halogens is 1. The topological polar surface area (TPSA) is 21.3 Å². The Hall–Kier alpha value is -1.71. The fraction of sp³-hybridized carbons (Fsp3) is 0.333. The minimum absolute atomic E-state index is 0.162. The second-order valence-electron chi connectivity index (χ2n) is 5.47. The summed E-state index contributed by atoms with van der Waals surface area (Å²) in [6.45, 7) is 5.08. The maximum Gasteiger partial charge on any atom is 0.131 e. The smallest absolute Gasteiger partial charge is 0.131 e. The van der Waals surface area contributed by atoms with Gasteiger partial charge >= 0.3 is 0 Å². The third kappa shape index (κ3) is 3.14. The maximum absolute atomic E-state index is 14.3. The highest BCUT2D eigenvalue weighted by molar-refractivity contribution is 5.66. The van der Waals surface area contributed by atoms with Crippen molar-refractivity contribution < 1.29 is 9.13 Å². The van der Waals surface area contributed by atoms with Crippen LogP contribution < -0.4 is 5.32 Å². The Balaban J connectivity index is 1.82. The summed E-state index contributed by atoms with van der Waals surface area (Å²) in [5.74, 6) is -0.162. The average molecular weight is 285 g/mol. The van der Waals surface area contributed by atoms with Gasteiger partial charge in [0.2, 0.25) is 0 Å². The minimum Gasteiger partial charge on any atom is -0.372 e. The molecule has 0 unspecified atom stereocenters. The summed E-state index contributed by atoms with van der Waals surface area (Å²) in [6, 6.07) is 11.5. The molecule has 0 fully saturated rings. The molecule has 3 rings (SSSR count). The molecule has 2 aromatic rings. The SMILES string of the molecule is CCCNCc1ccc(-c2ccc3c(c2)COC3)c(F)c1. The minimum atomic E-state index is -0.162. The van der Waals surface area contributed by atoms with Crippen molar-refractivity contribution in [3.05, 3.63) is 58.9 Å². The first-order valence-corrected chi connectivity index (χ1v) is 7.47. The van der Waals surface area contributed by atoms with Gasteiger partial charge in [-0.3, -0.25) is 0 Å². The lowest BCUT2D eigenvalue weighted by atomic mass is 9.99. The van der Waals surface area contributed by atoms with E-state index < -0.39 is 0 Å². The second kappa shape index (κ2) is 6.37. The summed E-state index contributed by atoms with van der Waals surface area (Å²) >= 11 is 0. The van der Waals surface area contributed by atoms with E-state index in [4.69, 9.17) is 4.74 Å². The van der Waals surface area contributed by atoms with Crippen LogP contribution in [0.15, 0.2) is 36.4 Å². The summed E-state index contributed by atoms with van der Waals surface area (Å²) in [4.78, 5) is 0. The predicted octanol–water partition coefficient (Wildman–Crippen LogP) is 4.02. The van der Waals surface area contributed by atoms with Crippen LogP contribution >= 0.6 is 0 Å². The lowest BCUT2D eigenvalue weighted by Crippen LogP contribution is -2.13. The number of benzene rings is 2. The molecule has 0 radical (unpaired) electrons. The fourth-order valence-electron chi connectivity index (χ4n) is 2.65. The first kappa shape index (κ1) is 14.2. The molecule has 0 aliphatic carbocycles. The van der Waals surface area contributed by atoms with Crippen LogP contribution in [-0.2, 0) is 24.5 Å². The zero-order valence-corrected chi connectivity index (χ0v) is 12.3. The van der Waals surface area contributed by atoms with Gasteiger partial charge in [-0.1, -0.05) is 31.2 Å². The van der Waals surface area contributed by atoms with E-state index in [2.05, 4.69) is 12.2 Å². The van der Waals surface area contributed by atoms with Crippen molar-refractivity contribution in [3.8, 4) is 11.1 Å². The molecule has 0 amide bonds. The van der Waals surface area contributed by atoms with Crippen LogP contribution in [-0.4, -0.2) is 6.54 Å². The first-order chi connectivity index (χ1) is 10.3. The van der Waals surface area contributed by atoms with Gasteiger partial charge in [0, 0.05) is 12.1 Å². The van der Waals surface area contributed by atoms with Gasteiger partial charge < -0.3 is 10.1 Å². The van der Waals surface area contributed by atoms with Crippen LogP contribution in [0.5, 0.6) is 0 Å². The zero-order valence-electron chi connectivity index (χ0n) is 12.3. The van der Waals surface area contributed by atoms with Gasteiger partial charge in [0.25, 0.3) is 0 Å². The molecule has 21 heavy (non-hydrogen) atoms. The first-order valence-electron chi connectivity index (χ1n) is 7.47. The summed E-state index contributed by atoms with van der Waals surface area (Å²) in [7, 11) is 0. The summed E-state index contributed by atoms with van der Waals surface area (Å²) in [5, 5.41) is 3.29. The Morgan fingerprint density at radius 3 is 2.76 bits per heavy atom. The molecule has 2 nitrogen and oxygen atoms in total. The fourth-order valence-corrected chi connectivity index (χ4v) is 2.65. The molecule has 0 saturated heterocycles. The Kier molecular flexibility index (Phi) is 4.32. The number of rotatable bonds is 5. The van der Waals surface area contributed by atoms with E-state index in [-0.39, 0.29) is 5.82 Å². The molecule has 0 saturated carbocycles. The number of ether oxygens (including phenoxy) is 1. The molecule has 0 bridgehead atoms. The lowest BCUT2D eigenvalue weighted by Gasteiger charge is -2.09. The molecule has 110 valence electrons. The Morgan fingerprint density at radius 1 is 1.10 bits per heavy atom. The Morgan fingerprint density at radius 2 is 1.95 bits per heavy atom. The normalized spacial score (nSPS) is 13.4. The predicted molar refractivity (Wildman–Crippen MR) is 82.3 cm³/mol. The Bertz CT molecular complexity index is 639. The van der Waals surface area contributed by atoms with Crippen LogP contribution in [0.1, 0.15) is 30.0 Å². The molecule has 0 aromatic heterocycles. The van der Waals surface area contributed by atoms with Crippen molar-refractivity contribution in [2.45, 2.75) is 33.1 Å². The van der Waals surface area contributed by atoms with E-state index in [9.17, 15) is 4.39 Å². The molecule has 1 heterocycles. The monoisotopic (exact) mass is 285 g/mol. The van der Waals surface area contributed by atoms with E-state index in [1.54, 1.807) is 6.07 Å². The highest BCUT2D eigenvalue weighted by Crippen LogP contribution is 2.29. The van der Waals surface area contributed by atoms with Crippen molar-refractivity contribution in [1.82, 2.24) is 5.32 Å². The molecule has 0 atom stereocenters. The molecule has 1 aliphatic heterocycles. The van der Waals surface area contributed by atoms with Crippen LogP contribution in [0.2, 0.25) is 0 Å². The highest BCUT2D eigenvalue weighted by Gasteiger charge is 2.13. The van der Waals surface area contributed by atoms with E-state index >= 15 is 0 Å². The van der Waals surface area contributed by atoms with Gasteiger partial charge in [-0.05, 0) is 47.4 Å². The maximum atomic E-state index is 14.3. The van der Waals surface area contributed by atoms with Gasteiger partial charge in [0.1, 0.15) is 5.82 Å². The van der Waals surface area contributed by atoms with Gasteiger partial charge in [-0.15, -0.1) is 0 Å². The molecular weight excluding hydrogens is 265 g/mol. The van der Waals surface area contributed by atoms with E-state index in [0.717, 1.165) is 24.1 Å². The molecular formula is C18H20FNO. The largest absolute Gasteiger partial charge is 0.372 e. The molecule has 1 aliphatic rings. The standard InChI is InChI=1S/C18H20FNO/c1-2-7-20-10-13-3-6-17(18(19)8-13)14-4-5-15-11-21-12-16(15)9-14/h3-6,8-9,20H,2,7,10-12H2,1H3. The number of hydrogen-bond donors (Lipinski definition) is 1. The second-order valence-corrected chi connectivity index (χ2v) is 5.47. The lowest BCUT2D eigenvalue weighted by molar-refractivity contribution is 0.134. The van der Waals surface area contributed by atoms with Crippen molar-refractivity contribution in [2.75, 3.05) is 6.54 Å². The summed E-state index contributed by atoms with van der Waals surface area (Å²) in [6.07, 6.45) is 1.08. The van der Waals surface area contributed by atoms with E-state index in [1.807, 2.05) is 30.3 Å². The van der Waals surface area contributed by atoms with Crippen molar-refractivity contribution in [2.24, 2.45) is 0 Å². The van der Waals surface area contributed by atoms with Crippen LogP contribution in [0.25, 0.3) is 11.1 Å². The number of fused-ring (bicyclic) bond motifs is 1. The van der Waals surface area contributed by atoms with Crippen molar-refractivity contribution in [3.63, 3.8) is 0 Å². The van der Waals surface area contributed by atoms with Gasteiger partial charge in [0.05, 0.1) is 13.2 Å². The van der Waals surface area contributed by atoms with Gasteiger partial charge in [-0.2, -0.15) is 0 Å². The number of nitrogens with one attached hydrogen (secondary N) is 1. The third-order valence-electron chi connectivity index (χ3n) is 3.82. The molecule has 0 spiro atoms. The molecule has 2 aromatic carbocycles. The van der Waals surface area contributed by atoms with Crippen LogP contribution in [0.3, 0.4) is 0 Å². The molecule has 3 heteroatoms. The van der Waals surface area contributed by atoms with Gasteiger partial charge in [0.15, 0.2) is 0 Å². The van der Waals surface area contributed by atoms with Crippen molar-refractivity contribution >= 4 is 0 Å². The molecule has 1 N–H and O–H groups in total. The summed E-state index contributed by atoms with van der Waals surface area (Å²) < 4.78 is 19.7. The van der Waals surface area contributed by atoms with Crippen molar-refractivity contribution in [1.29, 1.82) is 0 Å². The summed E-state index contributed by atoms with van der Waals surface area (Å²) in [5.41, 5.74) is 4.93. The van der Waals surface area contributed by atoms with Crippen LogP contribution in [0, 0.1) is 5.82 Å². The quantitative estimate of drug-likeness (QED) is 0.838.